The highest BCUT2D eigenvalue weighted by Crippen LogP contribution is 2.29. The summed E-state index contributed by atoms with van der Waals surface area (Å²) in [5.74, 6) is 0.449. The van der Waals surface area contributed by atoms with E-state index in [1.807, 2.05) is 26.0 Å². The van der Waals surface area contributed by atoms with Crippen molar-refractivity contribution in [1.82, 2.24) is 10.3 Å². The molecule has 1 amide bonds. The number of benzene rings is 1. The molecule has 0 aliphatic rings. The zero-order valence-corrected chi connectivity index (χ0v) is 13.1. The normalized spacial score (nSPS) is 11.6. The first kappa shape index (κ1) is 14.9. The number of hydrogen-bond acceptors (Lipinski definition) is 1. The minimum absolute atomic E-state index is 0.00127. The summed E-state index contributed by atoms with van der Waals surface area (Å²) in [5.41, 5.74) is 3.19. The summed E-state index contributed by atoms with van der Waals surface area (Å²) in [6.07, 6.45) is 0. The minimum atomic E-state index is 0.00127. The first-order valence-electron chi connectivity index (χ1n) is 6.97. The average molecular weight is 293 g/mol. The third-order valence-corrected chi connectivity index (χ3v) is 3.72. The zero-order chi connectivity index (χ0) is 14.9. The molecule has 1 heterocycles. The maximum atomic E-state index is 11.6. The Balaban J connectivity index is 2.23. The second-order valence-electron chi connectivity index (χ2n) is 5.78. The molecule has 2 rings (SSSR count). The maximum Gasteiger partial charge on any atom is 0.222 e. The maximum absolute atomic E-state index is 11.6. The lowest BCUT2D eigenvalue weighted by Crippen LogP contribution is -2.27. The van der Waals surface area contributed by atoms with Gasteiger partial charge in [-0.3, -0.25) is 4.79 Å². The van der Waals surface area contributed by atoms with Crippen LogP contribution in [0.3, 0.4) is 0 Å². The van der Waals surface area contributed by atoms with Crippen molar-refractivity contribution in [3.8, 4) is 0 Å². The first-order chi connectivity index (χ1) is 9.38. The van der Waals surface area contributed by atoms with Crippen molar-refractivity contribution in [2.24, 2.45) is 5.92 Å². The van der Waals surface area contributed by atoms with Crippen molar-refractivity contribution in [2.45, 2.75) is 40.2 Å². The number of halogens is 1. The van der Waals surface area contributed by atoms with Crippen molar-refractivity contribution in [3.63, 3.8) is 0 Å². The molecule has 0 saturated carbocycles. The summed E-state index contributed by atoms with van der Waals surface area (Å²) >= 11 is 6.29. The van der Waals surface area contributed by atoms with Gasteiger partial charge in [0.05, 0.1) is 6.54 Å². The predicted molar refractivity (Wildman–Crippen MR) is 84.1 cm³/mol. The minimum Gasteiger partial charge on any atom is -0.357 e. The van der Waals surface area contributed by atoms with Crippen molar-refractivity contribution in [3.05, 3.63) is 34.5 Å². The lowest BCUT2D eigenvalue weighted by atomic mass is 10.0. The molecule has 1 aromatic carbocycles. The molecule has 1 aromatic heterocycles. The summed E-state index contributed by atoms with van der Waals surface area (Å²) in [6.45, 7) is 8.53. The van der Waals surface area contributed by atoms with Gasteiger partial charge >= 0.3 is 0 Å². The fourth-order valence-corrected chi connectivity index (χ4v) is 2.54. The lowest BCUT2D eigenvalue weighted by molar-refractivity contribution is -0.124. The van der Waals surface area contributed by atoms with Gasteiger partial charge in [0.25, 0.3) is 0 Å². The Labute approximate surface area is 124 Å². The standard InChI is InChI=1S/C16H21ClN2O/c1-9(2)13-7-15-11(6-14(13)17)5-12(19-15)8-18-16(20)10(3)4/h5-7,9-10,19H,8H2,1-4H3,(H,18,20). The molecule has 0 aliphatic carbocycles. The van der Waals surface area contributed by atoms with Crippen LogP contribution >= 0.6 is 11.6 Å². The summed E-state index contributed by atoms with van der Waals surface area (Å²) in [4.78, 5) is 14.9. The SMILES string of the molecule is CC(C)C(=O)NCc1cc2cc(Cl)c(C(C)C)cc2[nH]1. The van der Waals surface area contributed by atoms with Gasteiger partial charge in [-0.25, -0.2) is 0 Å². The van der Waals surface area contributed by atoms with Gasteiger partial charge in [0.15, 0.2) is 0 Å². The molecule has 2 aromatic rings. The van der Waals surface area contributed by atoms with Crippen LogP contribution in [0.1, 0.15) is 44.9 Å². The Morgan fingerprint density at radius 2 is 1.95 bits per heavy atom. The Bertz CT molecular complexity index is 629. The monoisotopic (exact) mass is 292 g/mol. The number of hydrogen-bond donors (Lipinski definition) is 2. The third-order valence-electron chi connectivity index (χ3n) is 3.39. The Morgan fingerprint density at radius 3 is 2.55 bits per heavy atom. The van der Waals surface area contributed by atoms with E-state index in [1.165, 1.54) is 0 Å². The molecule has 0 aliphatic heterocycles. The van der Waals surface area contributed by atoms with Gasteiger partial charge in [0.2, 0.25) is 5.91 Å². The van der Waals surface area contributed by atoms with E-state index >= 15 is 0 Å². The van der Waals surface area contributed by atoms with Gasteiger partial charge in [-0.1, -0.05) is 39.3 Å². The van der Waals surface area contributed by atoms with Gasteiger partial charge in [-0.05, 0) is 29.7 Å². The highest BCUT2D eigenvalue weighted by Gasteiger charge is 2.10. The van der Waals surface area contributed by atoms with Crippen molar-refractivity contribution in [1.29, 1.82) is 0 Å². The second kappa shape index (κ2) is 5.88. The van der Waals surface area contributed by atoms with Gasteiger partial charge < -0.3 is 10.3 Å². The lowest BCUT2D eigenvalue weighted by Gasteiger charge is -2.07. The summed E-state index contributed by atoms with van der Waals surface area (Å²) < 4.78 is 0. The quantitative estimate of drug-likeness (QED) is 0.871. The van der Waals surface area contributed by atoms with E-state index in [4.69, 9.17) is 11.6 Å². The number of H-pyrrole nitrogens is 1. The van der Waals surface area contributed by atoms with Crippen LogP contribution in [-0.4, -0.2) is 10.9 Å². The molecule has 2 N–H and O–H groups in total. The van der Waals surface area contributed by atoms with Crippen LogP contribution in [-0.2, 0) is 11.3 Å². The topological polar surface area (TPSA) is 44.9 Å². The Kier molecular flexibility index (Phi) is 4.39. The van der Waals surface area contributed by atoms with Crippen LogP contribution in [0.25, 0.3) is 10.9 Å². The summed E-state index contributed by atoms with van der Waals surface area (Å²) in [6, 6.07) is 6.11. The van der Waals surface area contributed by atoms with E-state index in [2.05, 4.69) is 30.2 Å². The van der Waals surface area contributed by atoms with Crippen LogP contribution in [0.15, 0.2) is 18.2 Å². The molecular weight excluding hydrogens is 272 g/mol. The van der Waals surface area contributed by atoms with Crippen molar-refractivity contribution >= 4 is 28.4 Å². The van der Waals surface area contributed by atoms with E-state index in [-0.39, 0.29) is 11.8 Å². The molecule has 20 heavy (non-hydrogen) atoms. The number of carbonyl (C=O) groups is 1. The van der Waals surface area contributed by atoms with Crippen LogP contribution < -0.4 is 5.32 Å². The highest BCUT2D eigenvalue weighted by molar-refractivity contribution is 6.32. The fraction of sp³-hybridized carbons (Fsp3) is 0.438. The molecule has 0 saturated heterocycles. The average Bonchev–Trinajstić information content (AvgIpc) is 2.76. The van der Waals surface area contributed by atoms with Crippen LogP contribution in [0.5, 0.6) is 0 Å². The first-order valence-corrected chi connectivity index (χ1v) is 7.35. The fourth-order valence-electron chi connectivity index (χ4n) is 2.15. The molecule has 0 unspecified atom stereocenters. The number of amides is 1. The van der Waals surface area contributed by atoms with Gasteiger partial charge in [-0.2, -0.15) is 0 Å². The largest absolute Gasteiger partial charge is 0.357 e. The van der Waals surface area contributed by atoms with Crippen LogP contribution in [0.4, 0.5) is 0 Å². The predicted octanol–water partition coefficient (Wildman–Crippen LogP) is 4.22. The number of aromatic amines is 1. The molecule has 0 spiro atoms. The van der Waals surface area contributed by atoms with E-state index in [1.54, 1.807) is 0 Å². The van der Waals surface area contributed by atoms with E-state index < -0.39 is 0 Å². The third kappa shape index (κ3) is 3.15. The van der Waals surface area contributed by atoms with Crippen molar-refractivity contribution < 1.29 is 4.79 Å². The molecule has 4 heteroatoms. The molecule has 0 radical (unpaired) electrons. The summed E-state index contributed by atoms with van der Waals surface area (Å²) in [5, 5.41) is 4.78. The second-order valence-corrected chi connectivity index (χ2v) is 6.19. The molecule has 0 atom stereocenters. The van der Waals surface area contributed by atoms with Crippen LogP contribution in [0.2, 0.25) is 5.02 Å². The van der Waals surface area contributed by atoms with Gasteiger partial charge in [0, 0.05) is 27.5 Å². The summed E-state index contributed by atoms with van der Waals surface area (Å²) in [7, 11) is 0. The van der Waals surface area contributed by atoms with E-state index in [9.17, 15) is 4.79 Å². The number of aromatic nitrogens is 1. The molecule has 108 valence electrons. The number of nitrogens with one attached hydrogen (secondary N) is 2. The van der Waals surface area contributed by atoms with E-state index in [0.29, 0.717) is 12.5 Å². The smallest absolute Gasteiger partial charge is 0.222 e. The molecular formula is C16H21ClN2O. The Hall–Kier alpha value is -1.48. The molecule has 0 bridgehead atoms. The van der Waals surface area contributed by atoms with E-state index in [0.717, 1.165) is 27.2 Å². The Morgan fingerprint density at radius 1 is 1.25 bits per heavy atom. The number of fused-ring (bicyclic) bond motifs is 1. The van der Waals surface area contributed by atoms with Gasteiger partial charge in [-0.15, -0.1) is 0 Å². The number of carbonyl (C=O) groups excluding carboxylic acids is 1. The molecule has 3 nitrogen and oxygen atoms in total. The van der Waals surface area contributed by atoms with Crippen LogP contribution in [0, 0.1) is 5.92 Å². The van der Waals surface area contributed by atoms with Crippen molar-refractivity contribution in [2.75, 3.05) is 0 Å². The highest BCUT2D eigenvalue weighted by atomic mass is 35.5. The number of rotatable bonds is 4. The molecule has 0 fully saturated rings. The van der Waals surface area contributed by atoms with Gasteiger partial charge in [0.1, 0.15) is 0 Å². The zero-order valence-electron chi connectivity index (χ0n) is 12.4.